The normalized spacial score (nSPS) is 5.00. The van der Waals surface area contributed by atoms with Gasteiger partial charge in [-0.25, -0.2) is 0 Å². The minimum atomic E-state index is 1.62. The van der Waals surface area contributed by atoms with Crippen LogP contribution in [0.4, 0.5) is 0 Å². The van der Waals surface area contributed by atoms with Crippen molar-refractivity contribution < 1.29 is 9.94 Å². The maximum absolute atomic E-state index is 7.08. The van der Waals surface area contributed by atoms with Crippen LogP contribution in [0.5, 0.6) is 0 Å². The molecule has 3 nitrogen and oxygen atoms in total. The molecule has 6 heavy (non-hydrogen) atoms. The third-order valence-electron chi connectivity index (χ3n) is 0. The maximum Gasteiger partial charge on any atom is 0.0351 e. The minimum Gasteiger partial charge on any atom is -0.411 e. The van der Waals surface area contributed by atoms with Crippen molar-refractivity contribution in [2.45, 2.75) is 0 Å². The van der Waals surface area contributed by atoms with Gasteiger partial charge in [0.25, 0.3) is 0 Å². The first kappa shape index (κ1) is 9.06. The van der Waals surface area contributed by atoms with Crippen LogP contribution in [-0.4, -0.2) is 26.1 Å². The van der Waals surface area contributed by atoms with Crippen LogP contribution in [0, 0.1) is 0 Å². The molecule has 0 fully saturated rings. The van der Waals surface area contributed by atoms with Crippen molar-refractivity contribution >= 4 is 6.72 Å². The Bertz CT molecular complexity index is 22.8. The van der Waals surface area contributed by atoms with Gasteiger partial charge >= 0.3 is 0 Å². The maximum atomic E-state index is 7.08. The number of nitrogens with zero attached hydrogens (tertiary/aromatic N) is 1. The zero-order valence-corrected chi connectivity index (χ0v) is 4.01. The summed E-state index contributed by atoms with van der Waals surface area (Å²) in [4.78, 5) is 0. The molecule has 0 amide bonds. The number of hydrogen-bond acceptors (Lipinski definition) is 3. The van der Waals surface area contributed by atoms with Gasteiger partial charge < -0.3 is 9.94 Å². The Hall–Kier alpha value is -0.570. The lowest BCUT2D eigenvalue weighted by atomic mass is 11.6. The summed E-state index contributed by atoms with van der Waals surface area (Å²) >= 11 is 0. The van der Waals surface area contributed by atoms with Gasteiger partial charge in [-0.15, -0.1) is 5.16 Å². The van der Waals surface area contributed by atoms with E-state index in [1.165, 1.54) is 0 Å². The molecule has 0 unspecified atom stereocenters. The molecule has 0 saturated heterocycles. The van der Waals surface area contributed by atoms with Crippen molar-refractivity contribution in [1.29, 1.82) is 0 Å². The molecular formula is C3H9NO2. The van der Waals surface area contributed by atoms with Crippen LogP contribution in [0.1, 0.15) is 0 Å². The van der Waals surface area contributed by atoms with E-state index in [1.807, 2.05) is 0 Å². The van der Waals surface area contributed by atoms with E-state index in [9.17, 15) is 0 Å². The van der Waals surface area contributed by atoms with Gasteiger partial charge in [-0.05, 0) is 0 Å². The van der Waals surface area contributed by atoms with Crippen LogP contribution in [0.15, 0.2) is 5.16 Å². The predicted molar refractivity (Wildman–Crippen MR) is 24.3 cm³/mol. The fourth-order valence-corrected chi connectivity index (χ4v) is 0. The van der Waals surface area contributed by atoms with Crippen LogP contribution < -0.4 is 0 Å². The van der Waals surface area contributed by atoms with Crippen LogP contribution in [-0.2, 0) is 4.74 Å². The third kappa shape index (κ3) is 62.3. The summed E-state index contributed by atoms with van der Waals surface area (Å²) in [7, 11) is 3.25. The Morgan fingerprint density at radius 3 is 1.67 bits per heavy atom. The minimum absolute atomic E-state index is 1.62. The third-order valence-corrected chi connectivity index (χ3v) is 0. The molecule has 0 aliphatic rings. The van der Waals surface area contributed by atoms with Crippen molar-refractivity contribution in [2.75, 3.05) is 14.2 Å². The highest BCUT2D eigenvalue weighted by molar-refractivity contribution is 5.20. The number of methoxy groups -OCH3 is 1. The topological polar surface area (TPSA) is 41.8 Å². The van der Waals surface area contributed by atoms with Gasteiger partial charge in [0.1, 0.15) is 0 Å². The van der Waals surface area contributed by atoms with Gasteiger partial charge in [-0.1, -0.05) is 0 Å². The van der Waals surface area contributed by atoms with E-state index in [1.54, 1.807) is 14.2 Å². The van der Waals surface area contributed by atoms with Gasteiger partial charge in [0, 0.05) is 20.9 Å². The summed E-state index contributed by atoms with van der Waals surface area (Å²) in [6.07, 6.45) is 0. The van der Waals surface area contributed by atoms with Crippen LogP contribution in [0.2, 0.25) is 0 Å². The molecule has 0 bridgehead atoms. The summed E-state index contributed by atoms with van der Waals surface area (Å²) in [6.45, 7) is 2.67. The van der Waals surface area contributed by atoms with E-state index in [-0.39, 0.29) is 0 Å². The molecule has 3 heteroatoms. The standard InChI is InChI=1S/C2H6O.CH3NO/c1-3-2;1-2-3/h1-2H3;3H,1H2. The molecule has 0 aromatic rings. The average Bonchev–Trinajstić information content (AvgIpc) is 1.39. The predicted octanol–water partition coefficient (Wildman–Crippen LogP) is 0.339. The molecule has 0 atom stereocenters. The second-order valence-electron chi connectivity index (χ2n) is 0.550. The molecule has 0 heterocycles. The Morgan fingerprint density at radius 2 is 1.67 bits per heavy atom. The van der Waals surface area contributed by atoms with Gasteiger partial charge in [-0.3, -0.25) is 0 Å². The summed E-state index contributed by atoms with van der Waals surface area (Å²) in [5, 5.41) is 9.33. The Kier molecular flexibility index (Phi) is 38.5. The first-order chi connectivity index (χ1) is 2.83. The lowest BCUT2D eigenvalue weighted by Gasteiger charge is -1.61. The highest BCUT2D eigenvalue weighted by Crippen LogP contribution is 1.28. The van der Waals surface area contributed by atoms with E-state index in [0.717, 1.165) is 0 Å². The number of rotatable bonds is 0. The second kappa shape index (κ2) is 25.5. The second-order valence-corrected chi connectivity index (χ2v) is 0.550. The molecule has 0 aromatic carbocycles. The monoisotopic (exact) mass is 91.1 g/mol. The first-order valence-corrected chi connectivity index (χ1v) is 1.33. The summed E-state index contributed by atoms with van der Waals surface area (Å²) < 4.78 is 4.25. The Balaban J connectivity index is 0. The Morgan fingerprint density at radius 1 is 1.67 bits per heavy atom. The highest BCUT2D eigenvalue weighted by Gasteiger charge is 1.25. The summed E-state index contributed by atoms with van der Waals surface area (Å²) in [5.41, 5.74) is 0. The quantitative estimate of drug-likeness (QED) is 0.265. The van der Waals surface area contributed by atoms with Gasteiger partial charge in [0.15, 0.2) is 0 Å². The van der Waals surface area contributed by atoms with E-state index in [2.05, 4.69) is 16.6 Å². The molecule has 0 saturated carbocycles. The molecule has 0 aromatic heterocycles. The first-order valence-electron chi connectivity index (χ1n) is 1.33. The van der Waals surface area contributed by atoms with Crippen molar-refractivity contribution in [3.05, 3.63) is 0 Å². The molecule has 1 N–H and O–H groups in total. The molecule has 0 rings (SSSR count). The lowest BCUT2D eigenvalue weighted by molar-refractivity contribution is 0.277. The zero-order valence-electron chi connectivity index (χ0n) is 4.01. The average molecular weight is 91.1 g/mol. The van der Waals surface area contributed by atoms with Gasteiger partial charge in [0.2, 0.25) is 0 Å². The molecule has 0 spiro atoms. The van der Waals surface area contributed by atoms with Crippen LogP contribution in [0.3, 0.4) is 0 Å². The van der Waals surface area contributed by atoms with E-state index in [0.29, 0.717) is 0 Å². The van der Waals surface area contributed by atoms with Crippen molar-refractivity contribution in [2.24, 2.45) is 5.16 Å². The molecular weight excluding hydrogens is 82.0 g/mol. The number of hydrogen-bond donors (Lipinski definition) is 1. The smallest absolute Gasteiger partial charge is 0.0351 e. The van der Waals surface area contributed by atoms with Crippen molar-refractivity contribution in [3.8, 4) is 0 Å². The molecule has 0 aliphatic heterocycles. The van der Waals surface area contributed by atoms with E-state index < -0.39 is 0 Å². The van der Waals surface area contributed by atoms with Crippen LogP contribution in [0.25, 0.3) is 0 Å². The summed E-state index contributed by atoms with van der Waals surface area (Å²) in [5.74, 6) is 0. The molecule has 0 radical (unpaired) electrons. The van der Waals surface area contributed by atoms with Crippen molar-refractivity contribution in [1.82, 2.24) is 0 Å². The lowest BCUT2D eigenvalue weighted by Crippen LogP contribution is -1.55. The van der Waals surface area contributed by atoms with Crippen LogP contribution >= 0.6 is 0 Å². The fourth-order valence-electron chi connectivity index (χ4n) is 0. The van der Waals surface area contributed by atoms with Crippen molar-refractivity contribution in [3.63, 3.8) is 0 Å². The van der Waals surface area contributed by atoms with E-state index >= 15 is 0 Å². The SMILES string of the molecule is C=NO.COC. The fraction of sp³-hybridized carbons (Fsp3) is 0.667. The largest absolute Gasteiger partial charge is 0.411 e. The highest BCUT2D eigenvalue weighted by atomic mass is 16.4. The number of oxime groups is 1. The molecule has 38 valence electrons. The summed E-state index contributed by atoms with van der Waals surface area (Å²) in [6, 6.07) is 0. The number of ether oxygens (including phenoxy) is 1. The van der Waals surface area contributed by atoms with Gasteiger partial charge in [-0.2, -0.15) is 0 Å². The zero-order chi connectivity index (χ0) is 5.41. The Labute approximate surface area is 37.2 Å². The molecule has 0 aliphatic carbocycles. The van der Waals surface area contributed by atoms with E-state index in [4.69, 9.17) is 5.21 Å². The van der Waals surface area contributed by atoms with Gasteiger partial charge in [0.05, 0.1) is 0 Å².